The second-order valence-electron chi connectivity index (χ2n) is 3.89. The van der Waals surface area contributed by atoms with E-state index in [9.17, 15) is 10.1 Å². The summed E-state index contributed by atoms with van der Waals surface area (Å²) in [6.45, 7) is 3.47. The van der Waals surface area contributed by atoms with Crippen LogP contribution in [0, 0.1) is 17.0 Å². The first-order chi connectivity index (χ1) is 7.68. The van der Waals surface area contributed by atoms with Crippen LogP contribution in [-0.4, -0.2) is 24.1 Å². The summed E-state index contributed by atoms with van der Waals surface area (Å²) in [5.74, 6) is 0.614. The normalized spacial score (nSPS) is 19.7. The minimum atomic E-state index is -0.380. The summed E-state index contributed by atoms with van der Waals surface area (Å²) in [5.41, 5.74) is 0.711. The highest BCUT2D eigenvalue weighted by molar-refractivity contribution is 5.48. The Balaban J connectivity index is 2.20. The molecule has 86 valence electrons. The topological polar surface area (TPSA) is 64.4 Å². The molecule has 1 aliphatic heterocycles. The lowest BCUT2D eigenvalue weighted by atomic mass is 10.2. The molecule has 0 amide bonds. The van der Waals surface area contributed by atoms with E-state index in [1.807, 2.05) is 0 Å². The summed E-state index contributed by atoms with van der Waals surface area (Å²) < 4.78 is 5.73. The monoisotopic (exact) mass is 222 g/mol. The van der Waals surface area contributed by atoms with Crippen molar-refractivity contribution < 1.29 is 9.66 Å². The molecule has 1 aromatic rings. The van der Waals surface area contributed by atoms with Crippen molar-refractivity contribution >= 4 is 5.69 Å². The van der Waals surface area contributed by atoms with Crippen molar-refractivity contribution in [3.05, 3.63) is 33.9 Å². The molecule has 1 fully saturated rings. The molecule has 1 heterocycles. The van der Waals surface area contributed by atoms with Crippen LogP contribution in [-0.2, 0) is 0 Å². The van der Waals surface area contributed by atoms with E-state index in [-0.39, 0.29) is 16.7 Å². The van der Waals surface area contributed by atoms with Crippen LogP contribution in [0.1, 0.15) is 12.0 Å². The van der Waals surface area contributed by atoms with Crippen LogP contribution in [0.25, 0.3) is 0 Å². The lowest BCUT2D eigenvalue weighted by Crippen LogP contribution is -2.20. The van der Waals surface area contributed by atoms with E-state index in [0.717, 1.165) is 19.5 Å². The molecular formula is C11H14N2O3. The highest BCUT2D eigenvalue weighted by Crippen LogP contribution is 2.28. The van der Waals surface area contributed by atoms with Crippen LogP contribution in [0.5, 0.6) is 5.75 Å². The van der Waals surface area contributed by atoms with E-state index in [4.69, 9.17) is 4.74 Å². The standard InChI is InChI=1S/C11H14N2O3/c1-8-10(13(14)15)3-2-4-11(8)16-9-5-6-12-7-9/h2-4,9,12H,5-7H2,1H3/t9-/m1/s1. The number of ether oxygens (including phenoxy) is 1. The van der Waals surface area contributed by atoms with Crippen molar-refractivity contribution in [2.24, 2.45) is 0 Å². The number of benzene rings is 1. The van der Waals surface area contributed by atoms with E-state index in [1.54, 1.807) is 19.1 Å². The quantitative estimate of drug-likeness (QED) is 0.623. The average Bonchev–Trinajstić information content (AvgIpc) is 2.73. The second-order valence-corrected chi connectivity index (χ2v) is 3.89. The predicted octanol–water partition coefficient (Wildman–Crippen LogP) is 1.64. The molecule has 1 atom stereocenters. The number of nitrogens with one attached hydrogen (secondary N) is 1. The second kappa shape index (κ2) is 4.49. The van der Waals surface area contributed by atoms with Gasteiger partial charge in [-0.2, -0.15) is 0 Å². The first-order valence-corrected chi connectivity index (χ1v) is 5.30. The fourth-order valence-corrected chi connectivity index (χ4v) is 1.84. The number of nitro benzene ring substituents is 1. The molecular weight excluding hydrogens is 208 g/mol. The van der Waals surface area contributed by atoms with Crippen LogP contribution < -0.4 is 10.1 Å². The summed E-state index contributed by atoms with van der Waals surface area (Å²) in [6, 6.07) is 4.93. The molecule has 0 spiro atoms. The molecule has 5 heteroatoms. The van der Waals surface area contributed by atoms with Gasteiger partial charge >= 0.3 is 0 Å². The predicted molar refractivity (Wildman–Crippen MR) is 59.7 cm³/mol. The molecule has 1 saturated heterocycles. The number of rotatable bonds is 3. The van der Waals surface area contributed by atoms with Gasteiger partial charge in [0.2, 0.25) is 0 Å². The lowest BCUT2D eigenvalue weighted by Gasteiger charge is -2.14. The van der Waals surface area contributed by atoms with Gasteiger partial charge in [-0.25, -0.2) is 0 Å². The largest absolute Gasteiger partial charge is 0.489 e. The molecule has 1 aliphatic rings. The molecule has 0 aromatic heterocycles. The van der Waals surface area contributed by atoms with Crippen LogP contribution in [0.3, 0.4) is 0 Å². The van der Waals surface area contributed by atoms with Crippen molar-refractivity contribution in [2.45, 2.75) is 19.4 Å². The minimum Gasteiger partial charge on any atom is -0.489 e. The molecule has 0 unspecified atom stereocenters. The van der Waals surface area contributed by atoms with Crippen molar-refractivity contribution in [3.63, 3.8) is 0 Å². The Kier molecular flexibility index (Phi) is 3.05. The summed E-state index contributed by atoms with van der Waals surface area (Å²) >= 11 is 0. The smallest absolute Gasteiger partial charge is 0.276 e. The van der Waals surface area contributed by atoms with Crippen molar-refractivity contribution in [1.29, 1.82) is 0 Å². The Bertz CT molecular complexity index is 400. The Morgan fingerprint density at radius 2 is 2.38 bits per heavy atom. The Morgan fingerprint density at radius 3 is 3.00 bits per heavy atom. The van der Waals surface area contributed by atoms with Crippen molar-refractivity contribution in [3.8, 4) is 5.75 Å². The molecule has 1 N–H and O–H groups in total. The Morgan fingerprint density at radius 1 is 1.56 bits per heavy atom. The van der Waals surface area contributed by atoms with Gasteiger partial charge in [-0.3, -0.25) is 10.1 Å². The van der Waals surface area contributed by atoms with Gasteiger partial charge in [0.15, 0.2) is 0 Å². The summed E-state index contributed by atoms with van der Waals surface area (Å²) in [4.78, 5) is 10.4. The fourth-order valence-electron chi connectivity index (χ4n) is 1.84. The van der Waals surface area contributed by atoms with Crippen LogP contribution in [0.15, 0.2) is 18.2 Å². The van der Waals surface area contributed by atoms with E-state index >= 15 is 0 Å². The zero-order chi connectivity index (χ0) is 11.5. The third-order valence-corrected chi connectivity index (χ3v) is 2.76. The maximum absolute atomic E-state index is 10.7. The Labute approximate surface area is 93.6 Å². The molecule has 5 nitrogen and oxygen atoms in total. The minimum absolute atomic E-state index is 0.114. The van der Waals surface area contributed by atoms with Crippen molar-refractivity contribution in [1.82, 2.24) is 5.32 Å². The zero-order valence-electron chi connectivity index (χ0n) is 9.10. The van der Waals surface area contributed by atoms with E-state index in [2.05, 4.69) is 5.32 Å². The molecule has 2 rings (SSSR count). The third-order valence-electron chi connectivity index (χ3n) is 2.76. The molecule has 0 saturated carbocycles. The van der Waals surface area contributed by atoms with Gasteiger partial charge in [0.1, 0.15) is 11.9 Å². The van der Waals surface area contributed by atoms with Gasteiger partial charge in [0, 0.05) is 12.6 Å². The van der Waals surface area contributed by atoms with Gasteiger partial charge in [-0.15, -0.1) is 0 Å². The van der Waals surface area contributed by atoms with E-state index in [0.29, 0.717) is 11.3 Å². The van der Waals surface area contributed by atoms with Gasteiger partial charge in [0.25, 0.3) is 5.69 Å². The van der Waals surface area contributed by atoms with Gasteiger partial charge in [-0.05, 0) is 26.0 Å². The lowest BCUT2D eigenvalue weighted by molar-refractivity contribution is -0.385. The molecule has 0 radical (unpaired) electrons. The Hall–Kier alpha value is -1.62. The first kappa shape index (κ1) is 10.9. The zero-order valence-corrected chi connectivity index (χ0v) is 9.10. The first-order valence-electron chi connectivity index (χ1n) is 5.30. The van der Waals surface area contributed by atoms with Gasteiger partial charge < -0.3 is 10.1 Å². The number of nitro groups is 1. The van der Waals surface area contributed by atoms with Crippen LogP contribution >= 0.6 is 0 Å². The van der Waals surface area contributed by atoms with Crippen LogP contribution in [0.2, 0.25) is 0 Å². The SMILES string of the molecule is Cc1c(O[C@@H]2CCNC2)cccc1[N+](=O)[O-]. The highest BCUT2D eigenvalue weighted by atomic mass is 16.6. The average molecular weight is 222 g/mol. The molecule has 16 heavy (non-hydrogen) atoms. The van der Waals surface area contributed by atoms with Crippen LogP contribution in [0.4, 0.5) is 5.69 Å². The molecule has 1 aromatic carbocycles. The number of hydrogen-bond donors (Lipinski definition) is 1. The number of hydrogen-bond acceptors (Lipinski definition) is 4. The summed E-state index contributed by atoms with van der Waals surface area (Å²) in [6.07, 6.45) is 1.07. The summed E-state index contributed by atoms with van der Waals surface area (Å²) in [5, 5.41) is 13.9. The number of nitrogens with zero attached hydrogens (tertiary/aromatic N) is 1. The maximum Gasteiger partial charge on any atom is 0.276 e. The fraction of sp³-hybridized carbons (Fsp3) is 0.455. The van der Waals surface area contributed by atoms with E-state index < -0.39 is 0 Å². The summed E-state index contributed by atoms with van der Waals surface area (Å²) in [7, 11) is 0. The van der Waals surface area contributed by atoms with Crippen molar-refractivity contribution in [2.75, 3.05) is 13.1 Å². The third kappa shape index (κ3) is 2.14. The van der Waals surface area contributed by atoms with Gasteiger partial charge in [-0.1, -0.05) is 6.07 Å². The highest BCUT2D eigenvalue weighted by Gasteiger charge is 2.19. The molecule has 0 bridgehead atoms. The van der Waals surface area contributed by atoms with Gasteiger partial charge in [0.05, 0.1) is 10.5 Å². The molecule has 0 aliphatic carbocycles. The van der Waals surface area contributed by atoms with E-state index in [1.165, 1.54) is 6.07 Å². The maximum atomic E-state index is 10.7.